The van der Waals surface area contributed by atoms with E-state index in [0.717, 1.165) is 13.1 Å². The molecule has 0 unspecified atom stereocenters. The molecule has 0 aromatic rings. The highest BCUT2D eigenvalue weighted by molar-refractivity contribution is 4.70. The van der Waals surface area contributed by atoms with Crippen LogP contribution in [0.15, 0.2) is 0 Å². The van der Waals surface area contributed by atoms with Crippen LogP contribution in [0.3, 0.4) is 0 Å². The number of nitrogens with zero attached hydrogens (tertiary/aromatic N) is 4. The van der Waals surface area contributed by atoms with Gasteiger partial charge in [0.05, 0.1) is 0 Å². The smallest absolute Gasteiger partial charge is 0.0110 e. The van der Waals surface area contributed by atoms with Crippen LogP contribution in [0.5, 0.6) is 0 Å². The summed E-state index contributed by atoms with van der Waals surface area (Å²) in [6, 6.07) is 0. The largest absolute Gasteiger partial charge is 0.318 e. The Morgan fingerprint density at radius 3 is 1.18 bits per heavy atom. The quantitative estimate of drug-likeness (QED) is 0.769. The molecule has 0 atom stereocenters. The van der Waals surface area contributed by atoms with E-state index in [1.165, 1.54) is 72.0 Å². The highest BCUT2D eigenvalue weighted by Gasteiger charge is 2.14. The van der Waals surface area contributed by atoms with Gasteiger partial charge in [-0.05, 0) is 26.7 Å². The molecule has 5 nitrogen and oxygen atoms in total. The topological polar surface area (TPSA) is 25.0 Å². The van der Waals surface area contributed by atoms with E-state index in [-0.39, 0.29) is 0 Å². The third kappa shape index (κ3) is 7.88. The van der Waals surface area contributed by atoms with E-state index >= 15 is 0 Å². The number of nitrogens with one attached hydrogen (secondary N) is 1. The molecule has 0 saturated carbocycles. The molecule has 1 rings (SSSR count). The van der Waals surface area contributed by atoms with E-state index in [9.17, 15) is 0 Å². The lowest BCUT2D eigenvalue weighted by atomic mass is 10.3. The minimum atomic E-state index is 1.09. The second kappa shape index (κ2) is 12.3. The van der Waals surface area contributed by atoms with Crippen molar-refractivity contribution in [3.05, 3.63) is 0 Å². The van der Waals surface area contributed by atoms with Gasteiger partial charge in [0.2, 0.25) is 0 Å². The zero-order valence-corrected chi connectivity index (χ0v) is 15.5. The summed E-state index contributed by atoms with van der Waals surface area (Å²) in [7, 11) is 2.05. The fourth-order valence-electron chi connectivity index (χ4n) is 3.02. The predicted octanol–water partition coefficient (Wildman–Crippen LogP) is 0.487. The lowest BCUT2D eigenvalue weighted by molar-refractivity contribution is 0.140. The minimum absolute atomic E-state index is 1.09. The van der Waals surface area contributed by atoms with Crippen molar-refractivity contribution < 1.29 is 0 Å². The lowest BCUT2D eigenvalue weighted by Crippen LogP contribution is -2.46. The summed E-state index contributed by atoms with van der Waals surface area (Å²) in [4.78, 5) is 10.4. The van der Waals surface area contributed by atoms with Gasteiger partial charge in [0.25, 0.3) is 0 Å². The first-order chi connectivity index (χ1) is 10.7. The average Bonchev–Trinajstić information content (AvgIpc) is 2.54. The van der Waals surface area contributed by atoms with E-state index < -0.39 is 0 Å². The van der Waals surface area contributed by atoms with Crippen LogP contribution in [0.4, 0.5) is 0 Å². The van der Waals surface area contributed by atoms with Gasteiger partial charge in [0.1, 0.15) is 0 Å². The van der Waals surface area contributed by atoms with Gasteiger partial charge in [-0.3, -0.25) is 4.90 Å². The molecule has 5 heteroatoms. The number of hydrogen-bond donors (Lipinski definition) is 1. The van der Waals surface area contributed by atoms with E-state index in [1.807, 2.05) is 7.05 Å². The first-order valence-corrected chi connectivity index (χ1v) is 9.27. The van der Waals surface area contributed by atoms with Gasteiger partial charge < -0.3 is 20.0 Å². The van der Waals surface area contributed by atoms with Gasteiger partial charge >= 0.3 is 0 Å². The minimum Gasteiger partial charge on any atom is -0.318 e. The SMILES string of the molecule is CCN1CCN(CC)CCN(CCNC)CCN(CC)CC1. The summed E-state index contributed by atoms with van der Waals surface area (Å²) in [5, 5.41) is 3.29. The monoisotopic (exact) mass is 313 g/mol. The van der Waals surface area contributed by atoms with Gasteiger partial charge in [0.15, 0.2) is 0 Å². The molecule has 1 fully saturated rings. The third-order valence-electron chi connectivity index (χ3n) is 4.95. The highest BCUT2D eigenvalue weighted by Crippen LogP contribution is 2.00. The molecule has 22 heavy (non-hydrogen) atoms. The van der Waals surface area contributed by atoms with Crippen molar-refractivity contribution in [2.24, 2.45) is 0 Å². The van der Waals surface area contributed by atoms with Crippen molar-refractivity contribution in [3.63, 3.8) is 0 Å². The Balaban J connectivity index is 2.60. The van der Waals surface area contributed by atoms with Gasteiger partial charge in [-0.15, -0.1) is 0 Å². The highest BCUT2D eigenvalue weighted by atomic mass is 15.3. The average molecular weight is 314 g/mol. The molecule has 1 aliphatic rings. The molecule has 0 spiro atoms. The molecule has 1 aliphatic heterocycles. The summed E-state index contributed by atoms with van der Waals surface area (Å²) in [5.74, 6) is 0. The zero-order valence-electron chi connectivity index (χ0n) is 15.5. The first-order valence-electron chi connectivity index (χ1n) is 9.27. The lowest BCUT2D eigenvalue weighted by Gasteiger charge is -2.33. The van der Waals surface area contributed by atoms with Crippen molar-refractivity contribution in [2.75, 3.05) is 92.1 Å². The third-order valence-corrected chi connectivity index (χ3v) is 4.95. The molecule has 0 aliphatic carbocycles. The second-order valence-corrected chi connectivity index (χ2v) is 6.25. The summed E-state index contributed by atoms with van der Waals surface area (Å²) >= 11 is 0. The molecule has 1 saturated heterocycles. The summed E-state index contributed by atoms with van der Waals surface area (Å²) in [6.07, 6.45) is 0. The summed E-state index contributed by atoms with van der Waals surface area (Å²) in [5.41, 5.74) is 0. The molecule has 0 aromatic carbocycles. The molecule has 0 aromatic heterocycles. The van der Waals surface area contributed by atoms with E-state index in [4.69, 9.17) is 0 Å². The molecule has 0 radical (unpaired) electrons. The summed E-state index contributed by atoms with van der Waals surface area (Å²) in [6.45, 7) is 22.2. The Morgan fingerprint density at radius 1 is 0.591 bits per heavy atom. The molecule has 1 heterocycles. The molecular formula is C17H39N5. The van der Waals surface area contributed by atoms with Gasteiger partial charge in [-0.1, -0.05) is 20.8 Å². The maximum absolute atomic E-state index is 3.29. The molecule has 0 amide bonds. The number of hydrogen-bond acceptors (Lipinski definition) is 5. The maximum atomic E-state index is 3.29. The van der Waals surface area contributed by atoms with Crippen LogP contribution < -0.4 is 5.32 Å². The van der Waals surface area contributed by atoms with Crippen molar-refractivity contribution >= 4 is 0 Å². The molecule has 132 valence electrons. The van der Waals surface area contributed by atoms with Crippen LogP contribution >= 0.6 is 0 Å². The van der Waals surface area contributed by atoms with Crippen LogP contribution in [0.1, 0.15) is 20.8 Å². The van der Waals surface area contributed by atoms with Crippen molar-refractivity contribution in [1.82, 2.24) is 24.9 Å². The van der Waals surface area contributed by atoms with Gasteiger partial charge in [0, 0.05) is 65.4 Å². The number of rotatable bonds is 6. The van der Waals surface area contributed by atoms with Crippen LogP contribution in [0, 0.1) is 0 Å². The fraction of sp³-hybridized carbons (Fsp3) is 1.00. The predicted molar refractivity (Wildman–Crippen MR) is 96.7 cm³/mol. The normalized spacial score (nSPS) is 22.4. The fourth-order valence-corrected chi connectivity index (χ4v) is 3.02. The van der Waals surface area contributed by atoms with Crippen LogP contribution in [-0.2, 0) is 0 Å². The maximum Gasteiger partial charge on any atom is 0.0110 e. The van der Waals surface area contributed by atoms with E-state index in [2.05, 4.69) is 45.7 Å². The van der Waals surface area contributed by atoms with Crippen molar-refractivity contribution in [3.8, 4) is 0 Å². The Bertz CT molecular complexity index is 241. The van der Waals surface area contributed by atoms with E-state index in [0.29, 0.717) is 0 Å². The Kier molecular flexibility index (Phi) is 11.1. The van der Waals surface area contributed by atoms with Crippen LogP contribution in [0.25, 0.3) is 0 Å². The Labute approximate surface area is 138 Å². The Morgan fingerprint density at radius 2 is 0.909 bits per heavy atom. The zero-order chi connectivity index (χ0) is 16.2. The van der Waals surface area contributed by atoms with Crippen LogP contribution in [0.2, 0.25) is 0 Å². The summed E-state index contributed by atoms with van der Waals surface area (Å²) < 4.78 is 0. The molecule has 1 N–H and O–H groups in total. The van der Waals surface area contributed by atoms with Crippen molar-refractivity contribution in [2.45, 2.75) is 20.8 Å². The van der Waals surface area contributed by atoms with Crippen molar-refractivity contribution in [1.29, 1.82) is 0 Å². The first kappa shape index (κ1) is 19.8. The van der Waals surface area contributed by atoms with Crippen LogP contribution in [-0.4, -0.2) is 112 Å². The van der Waals surface area contributed by atoms with Gasteiger partial charge in [-0.2, -0.15) is 0 Å². The standard InChI is InChI=1S/C17H39N5/c1-5-19-10-12-20(6-2)14-16-22(9-8-18-4)17-15-21(7-3)13-11-19/h18H,5-17H2,1-4H3. The molecule has 0 bridgehead atoms. The van der Waals surface area contributed by atoms with Gasteiger partial charge in [-0.25, -0.2) is 0 Å². The van der Waals surface area contributed by atoms with E-state index in [1.54, 1.807) is 0 Å². The molecular weight excluding hydrogens is 274 g/mol. The second-order valence-electron chi connectivity index (χ2n) is 6.25. The Hall–Kier alpha value is -0.200. The number of likely N-dealkylation sites (N-methyl/N-ethyl adjacent to an activating group) is 4.